The normalized spacial score (nSPS) is 14.1. The van der Waals surface area contributed by atoms with Gasteiger partial charge >= 0.3 is 0 Å². The van der Waals surface area contributed by atoms with Crippen molar-refractivity contribution in [3.63, 3.8) is 0 Å². The molecule has 1 aliphatic rings. The molecule has 0 atom stereocenters. The van der Waals surface area contributed by atoms with Gasteiger partial charge in [0.05, 0.1) is 0 Å². The van der Waals surface area contributed by atoms with Crippen LogP contribution in [0.5, 0.6) is 0 Å². The molecule has 0 saturated carbocycles. The molecule has 0 aromatic heterocycles. The Balaban J connectivity index is 2.14. The van der Waals surface area contributed by atoms with Crippen molar-refractivity contribution in [2.45, 2.75) is 51.4 Å². The fraction of sp³-hybridized carbons (Fsp3) is 0.409. The van der Waals surface area contributed by atoms with Crippen LogP contribution in [0.4, 0.5) is 0 Å². The second kappa shape index (κ2) is 7.21. The average molecular weight is 321 g/mol. The van der Waals surface area contributed by atoms with Crippen molar-refractivity contribution in [1.29, 1.82) is 0 Å². The number of rotatable bonds is 7. The lowest BCUT2D eigenvalue weighted by molar-refractivity contribution is -0.125. The molecule has 0 saturated heterocycles. The minimum Gasteiger partial charge on any atom is -0.355 e. The number of hydrogen-bond acceptors (Lipinski definition) is 1. The maximum atomic E-state index is 13.3. The summed E-state index contributed by atoms with van der Waals surface area (Å²) < 4.78 is 0. The molecule has 1 N–H and O–H groups in total. The Morgan fingerprint density at radius 1 is 0.875 bits per heavy atom. The van der Waals surface area contributed by atoms with Crippen LogP contribution in [0.2, 0.25) is 0 Å². The van der Waals surface area contributed by atoms with E-state index in [1.807, 2.05) is 0 Å². The summed E-state index contributed by atoms with van der Waals surface area (Å²) in [5.74, 6) is 0.165. The van der Waals surface area contributed by atoms with Crippen molar-refractivity contribution >= 4 is 5.91 Å². The first-order chi connectivity index (χ1) is 11.8. The lowest BCUT2D eigenvalue weighted by Gasteiger charge is -2.31. The predicted octanol–water partition coefficient (Wildman–Crippen LogP) is 5.06. The van der Waals surface area contributed by atoms with Crippen LogP contribution >= 0.6 is 0 Å². The summed E-state index contributed by atoms with van der Waals surface area (Å²) >= 11 is 0. The average Bonchev–Trinajstić information content (AvgIpc) is 2.92. The van der Waals surface area contributed by atoms with Crippen LogP contribution in [0.25, 0.3) is 11.1 Å². The Labute approximate surface area is 145 Å². The minimum absolute atomic E-state index is 0.165. The van der Waals surface area contributed by atoms with Gasteiger partial charge < -0.3 is 5.32 Å². The van der Waals surface area contributed by atoms with Crippen LogP contribution < -0.4 is 5.32 Å². The Morgan fingerprint density at radius 3 is 2.00 bits per heavy atom. The Hall–Kier alpha value is -2.09. The van der Waals surface area contributed by atoms with E-state index in [0.717, 1.165) is 38.6 Å². The largest absolute Gasteiger partial charge is 0.355 e. The fourth-order valence-electron chi connectivity index (χ4n) is 3.98. The van der Waals surface area contributed by atoms with Crippen LogP contribution in [0.1, 0.15) is 57.1 Å². The predicted molar refractivity (Wildman–Crippen MR) is 100 cm³/mol. The summed E-state index contributed by atoms with van der Waals surface area (Å²) in [7, 11) is 0. The monoisotopic (exact) mass is 321 g/mol. The number of benzene rings is 2. The van der Waals surface area contributed by atoms with Gasteiger partial charge in [0.15, 0.2) is 0 Å². The maximum Gasteiger partial charge on any atom is 0.235 e. The summed E-state index contributed by atoms with van der Waals surface area (Å²) in [4.78, 5) is 13.3. The third-order valence-electron chi connectivity index (χ3n) is 5.14. The van der Waals surface area contributed by atoms with E-state index < -0.39 is 5.41 Å². The lowest BCUT2D eigenvalue weighted by Crippen LogP contribution is -2.44. The minimum atomic E-state index is -0.530. The Kier molecular flexibility index (Phi) is 5.03. The third kappa shape index (κ3) is 2.64. The third-order valence-corrected chi connectivity index (χ3v) is 5.14. The van der Waals surface area contributed by atoms with Crippen molar-refractivity contribution in [3.8, 4) is 11.1 Å². The molecule has 0 radical (unpaired) electrons. The number of unbranched alkanes of at least 4 members (excludes halogenated alkanes) is 2. The van der Waals surface area contributed by atoms with Crippen LogP contribution in [-0.2, 0) is 10.2 Å². The smallest absolute Gasteiger partial charge is 0.235 e. The standard InChI is InChI=1S/C22H27NO/c1-3-5-10-15-22(21(24)23-16-4-2)19-13-8-6-11-17(19)18-12-7-9-14-20(18)22/h6-9,11-14H,3-5,10,15-16H2,1-2H3,(H,23,24). The zero-order valence-electron chi connectivity index (χ0n) is 14.8. The van der Waals surface area contributed by atoms with E-state index in [-0.39, 0.29) is 5.91 Å². The highest BCUT2D eigenvalue weighted by Gasteiger charge is 2.48. The summed E-state index contributed by atoms with van der Waals surface area (Å²) in [6, 6.07) is 16.9. The molecule has 0 spiro atoms. The molecule has 0 aliphatic heterocycles. The highest BCUT2D eigenvalue weighted by Crippen LogP contribution is 2.51. The van der Waals surface area contributed by atoms with E-state index in [1.54, 1.807) is 0 Å². The maximum absolute atomic E-state index is 13.3. The van der Waals surface area contributed by atoms with Gasteiger partial charge in [-0.3, -0.25) is 4.79 Å². The van der Waals surface area contributed by atoms with Gasteiger partial charge in [-0.2, -0.15) is 0 Å². The topological polar surface area (TPSA) is 29.1 Å². The molecule has 2 heteroatoms. The summed E-state index contributed by atoms with van der Waals surface area (Å²) in [6.45, 7) is 5.04. The van der Waals surface area contributed by atoms with Gasteiger partial charge in [0.2, 0.25) is 5.91 Å². The molecule has 0 fully saturated rings. The fourth-order valence-corrected chi connectivity index (χ4v) is 3.98. The van der Waals surface area contributed by atoms with Crippen LogP contribution in [0.3, 0.4) is 0 Å². The van der Waals surface area contributed by atoms with Gasteiger partial charge in [0, 0.05) is 6.54 Å². The molecular weight excluding hydrogens is 294 g/mol. The summed E-state index contributed by atoms with van der Waals surface area (Å²) in [5.41, 5.74) is 4.26. The van der Waals surface area contributed by atoms with Gasteiger partial charge in [-0.15, -0.1) is 0 Å². The molecule has 2 aromatic rings. The molecule has 1 amide bonds. The van der Waals surface area contributed by atoms with Crippen molar-refractivity contribution in [3.05, 3.63) is 59.7 Å². The SMILES string of the molecule is CCCCCC1(C(=O)NCCC)c2ccccc2-c2ccccc21. The van der Waals surface area contributed by atoms with Crippen LogP contribution in [0, 0.1) is 0 Å². The summed E-state index contributed by atoms with van der Waals surface area (Å²) in [6.07, 6.45) is 5.23. The zero-order valence-corrected chi connectivity index (χ0v) is 14.8. The number of carbonyl (C=O) groups excluding carboxylic acids is 1. The molecule has 1 aliphatic carbocycles. The lowest BCUT2D eigenvalue weighted by atomic mass is 9.73. The second-order valence-corrected chi connectivity index (χ2v) is 6.71. The molecule has 126 valence electrons. The van der Waals surface area contributed by atoms with Crippen molar-refractivity contribution < 1.29 is 4.79 Å². The Bertz CT molecular complexity index is 674. The van der Waals surface area contributed by atoms with Gasteiger partial charge in [-0.1, -0.05) is 81.6 Å². The molecule has 0 bridgehead atoms. The molecule has 0 heterocycles. The quantitative estimate of drug-likeness (QED) is 0.710. The molecular formula is C22H27NO. The second-order valence-electron chi connectivity index (χ2n) is 6.71. The van der Waals surface area contributed by atoms with E-state index in [1.165, 1.54) is 22.3 Å². The highest BCUT2D eigenvalue weighted by atomic mass is 16.2. The molecule has 0 unspecified atom stereocenters. The first kappa shape index (κ1) is 16.8. The number of hydrogen-bond donors (Lipinski definition) is 1. The van der Waals surface area contributed by atoms with Crippen LogP contribution in [-0.4, -0.2) is 12.5 Å². The molecule has 24 heavy (non-hydrogen) atoms. The number of amides is 1. The highest BCUT2D eigenvalue weighted by molar-refractivity contribution is 6.00. The van der Waals surface area contributed by atoms with Crippen molar-refractivity contribution in [2.24, 2.45) is 0 Å². The summed E-state index contributed by atoms with van der Waals surface area (Å²) in [5, 5.41) is 3.18. The number of fused-ring (bicyclic) bond motifs is 3. The Morgan fingerprint density at radius 2 is 1.46 bits per heavy atom. The van der Waals surface area contributed by atoms with Gasteiger partial charge in [0.25, 0.3) is 0 Å². The first-order valence-electron chi connectivity index (χ1n) is 9.23. The first-order valence-corrected chi connectivity index (χ1v) is 9.23. The van der Waals surface area contributed by atoms with Crippen molar-refractivity contribution in [1.82, 2.24) is 5.32 Å². The van der Waals surface area contributed by atoms with E-state index in [9.17, 15) is 4.79 Å². The van der Waals surface area contributed by atoms with E-state index >= 15 is 0 Å². The van der Waals surface area contributed by atoms with Crippen molar-refractivity contribution in [2.75, 3.05) is 6.54 Å². The van der Waals surface area contributed by atoms with E-state index in [4.69, 9.17) is 0 Å². The number of nitrogens with one attached hydrogen (secondary N) is 1. The molecule has 3 rings (SSSR count). The number of carbonyl (C=O) groups is 1. The van der Waals surface area contributed by atoms with Gasteiger partial charge in [-0.25, -0.2) is 0 Å². The molecule has 2 aromatic carbocycles. The van der Waals surface area contributed by atoms with Gasteiger partial charge in [-0.05, 0) is 35.1 Å². The van der Waals surface area contributed by atoms with E-state index in [0.29, 0.717) is 0 Å². The van der Waals surface area contributed by atoms with E-state index in [2.05, 4.69) is 67.7 Å². The molecule has 2 nitrogen and oxygen atoms in total. The van der Waals surface area contributed by atoms with Crippen LogP contribution in [0.15, 0.2) is 48.5 Å². The zero-order chi connectivity index (χ0) is 17.0. The van der Waals surface area contributed by atoms with Gasteiger partial charge in [0.1, 0.15) is 5.41 Å².